The van der Waals surface area contributed by atoms with Crippen LogP contribution in [0.1, 0.15) is 27.6 Å². The molecular weight excluding hydrogens is 340 g/mol. The highest BCUT2D eigenvalue weighted by Crippen LogP contribution is 2.18. The molecule has 7 heteroatoms. The van der Waals surface area contributed by atoms with Crippen molar-refractivity contribution in [3.8, 4) is 5.75 Å². The zero-order chi connectivity index (χ0) is 18.2. The Hall–Kier alpha value is -2.93. The standard InChI is InChI=1S/C18H18N2O4S/c1-3-24-15-7-5-4-6-14(15)16(21)20-18(25)19-13-10-8-12(9-11-13)17(22)23-2/h4-11H,3H2,1-2H3,(H2,19,20,21,25). The number of para-hydroxylation sites is 1. The average Bonchev–Trinajstić information content (AvgIpc) is 2.62. The van der Waals surface area contributed by atoms with Crippen molar-refractivity contribution in [2.45, 2.75) is 6.92 Å². The fourth-order valence-electron chi connectivity index (χ4n) is 2.08. The fourth-order valence-corrected chi connectivity index (χ4v) is 2.29. The van der Waals surface area contributed by atoms with Crippen LogP contribution in [0.4, 0.5) is 5.69 Å². The van der Waals surface area contributed by atoms with E-state index in [-0.39, 0.29) is 11.0 Å². The Bertz CT molecular complexity index is 775. The molecule has 6 nitrogen and oxygen atoms in total. The molecule has 0 aliphatic heterocycles. The third kappa shape index (κ3) is 5.02. The molecule has 0 unspecified atom stereocenters. The van der Waals surface area contributed by atoms with Crippen molar-refractivity contribution < 1.29 is 19.1 Å². The van der Waals surface area contributed by atoms with Crippen LogP contribution < -0.4 is 15.4 Å². The number of thiocarbonyl (C=S) groups is 1. The van der Waals surface area contributed by atoms with Crippen LogP contribution in [0.5, 0.6) is 5.75 Å². The van der Waals surface area contributed by atoms with E-state index in [0.29, 0.717) is 29.2 Å². The maximum atomic E-state index is 12.3. The fraction of sp³-hybridized carbons (Fsp3) is 0.167. The Morgan fingerprint density at radius 3 is 2.40 bits per heavy atom. The maximum absolute atomic E-state index is 12.3. The van der Waals surface area contributed by atoms with E-state index in [1.165, 1.54) is 7.11 Å². The van der Waals surface area contributed by atoms with E-state index in [9.17, 15) is 9.59 Å². The van der Waals surface area contributed by atoms with Gasteiger partial charge in [0.05, 0.1) is 24.8 Å². The Labute approximate surface area is 151 Å². The smallest absolute Gasteiger partial charge is 0.337 e. The summed E-state index contributed by atoms with van der Waals surface area (Å²) in [6.45, 7) is 2.30. The van der Waals surface area contributed by atoms with Crippen LogP contribution in [0.3, 0.4) is 0 Å². The number of benzene rings is 2. The van der Waals surface area contributed by atoms with Gasteiger partial charge in [-0.3, -0.25) is 10.1 Å². The molecule has 0 bridgehead atoms. The third-order valence-corrected chi connectivity index (χ3v) is 3.43. The van der Waals surface area contributed by atoms with E-state index in [0.717, 1.165) is 0 Å². The number of hydrogen-bond donors (Lipinski definition) is 2. The van der Waals surface area contributed by atoms with Crippen LogP contribution >= 0.6 is 12.2 Å². The monoisotopic (exact) mass is 358 g/mol. The second-order valence-electron chi connectivity index (χ2n) is 4.91. The first-order chi connectivity index (χ1) is 12.0. The first kappa shape index (κ1) is 18.4. The highest BCUT2D eigenvalue weighted by atomic mass is 32.1. The van der Waals surface area contributed by atoms with Crippen molar-refractivity contribution in [2.75, 3.05) is 19.0 Å². The van der Waals surface area contributed by atoms with E-state index in [2.05, 4.69) is 15.4 Å². The van der Waals surface area contributed by atoms with E-state index < -0.39 is 5.97 Å². The lowest BCUT2D eigenvalue weighted by atomic mass is 10.2. The summed E-state index contributed by atoms with van der Waals surface area (Å²) in [5.41, 5.74) is 1.46. The number of amides is 1. The molecule has 0 aliphatic carbocycles. The predicted molar refractivity (Wildman–Crippen MR) is 99.1 cm³/mol. The molecule has 0 fully saturated rings. The number of nitrogens with one attached hydrogen (secondary N) is 2. The number of ether oxygens (including phenoxy) is 2. The minimum atomic E-state index is -0.421. The first-order valence-electron chi connectivity index (χ1n) is 7.57. The SMILES string of the molecule is CCOc1ccccc1C(=O)NC(=S)Nc1ccc(C(=O)OC)cc1. The molecule has 0 aliphatic rings. The number of esters is 1. The van der Waals surface area contributed by atoms with Gasteiger partial charge < -0.3 is 14.8 Å². The second-order valence-corrected chi connectivity index (χ2v) is 5.31. The molecular formula is C18H18N2O4S. The molecule has 130 valence electrons. The molecule has 2 rings (SSSR count). The van der Waals surface area contributed by atoms with E-state index in [4.69, 9.17) is 17.0 Å². The minimum Gasteiger partial charge on any atom is -0.493 e. The van der Waals surface area contributed by atoms with Gasteiger partial charge in [0.15, 0.2) is 5.11 Å². The second kappa shape index (κ2) is 8.79. The normalized spacial score (nSPS) is 9.84. The zero-order valence-electron chi connectivity index (χ0n) is 13.9. The van der Waals surface area contributed by atoms with Crippen LogP contribution in [0.15, 0.2) is 48.5 Å². The first-order valence-corrected chi connectivity index (χ1v) is 7.98. The molecule has 2 N–H and O–H groups in total. The number of carbonyl (C=O) groups excluding carboxylic acids is 2. The summed E-state index contributed by atoms with van der Waals surface area (Å²) in [4.78, 5) is 23.7. The molecule has 0 radical (unpaired) electrons. The van der Waals surface area contributed by atoms with Gasteiger partial charge in [0, 0.05) is 5.69 Å². The van der Waals surface area contributed by atoms with Crippen molar-refractivity contribution >= 4 is 34.9 Å². The van der Waals surface area contributed by atoms with Gasteiger partial charge in [0.2, 0.25) is 0 Å². The molecule has 0 aromatic heterocycles. The maximum Gasteiger partial charge on any atom is 0.337 e. The minimum absolute atomic E-state index is 0.141. The largest absolute Gasteiger partial charge is 0.493 e. The van der Waals surface area contributed by atoms with Crippen LogP contribution in [-0.2, 0) is 4.74 Å². The van der Waals surface area contributed by atoms with Crippen LogP contribution in [0.25, 0.3) is 0 Å². The highest BCUT2D eigenvalue weighted by molar-refractivity contribution is 7.80. The number of rotatable bonds is 5. The van der Waals surface area contributed by atoms with Gasteiger partial charge in [-0.15, -0.1) is 0 Å². The Kier molecular flexibility index (Phi) is 6.47. The Morgan fingerprint density at radius 1 is 1.08 bits per heavy atom. The van der Waals surface area contributed by atoms with Gasteiger partial charge in [-0.25, -0.2) is 4.79 Å². The van der Waals surface area contributed by atoms with Gasteiger partial charge in [-0.1, -0.05) is 12.1 Å². The van der Waals surface area contributed by atoms with Crippen molar-refractivity contribution in [1.29, 1.82) is 0 Å². The lowest BCUT2D eigenvalue weighted by Gasteiger charge is -2.12. The summed E-state index contributed by atoms with van der Waals surface area (Å²) in [5.74, 6) is -0.296. The van der Waals surface area contributed by atoms with Gasteiger partial charge in [0.25, 0.3) is 5.91 Å². The zero-order valence-corrected chi connectivity index (χ0v) is 14.7. The summed E-state index contributed by atoms with van der Waals surface area (Å²) in [7, 11) is 1.32. The molecule has 2 aromatic carbocycles. The summed E-state index contributed by atoms with van der Waals surface area (Å²) < 4.78 is 10.1. The molecule has 25 heavy (non-hydrogen) atoms. The van der Waals surface area contributed by atoms with Gasteiger partial charge in [-0.2, -0.15) is 0 Å². The van der Waals surface area contributed by atoms with E-state index in [1.54, 1.807) is 48.5 Å². The van der Waals surface area contributed by atoms with Crippen molar-refractivity contribution in [3.05, 3.63) is 59.7 Å². The quantitative estimate of drug-likeness (QED) is 0.632. The Balaban J connectivity index is 2.00. The average molecular weight is 358 g/mol. The lowest BCUT2D eigenvalue weighted by molar-refractivity contribution is 0.0600. The van der Waals surface area contributed by atoms with E-state index in [1.807, 2.05) is 6.92 Å². The number of carbonyl (C=O) groups is 2. The summed E-state index contributed by atoms with van der Waals surface area (Å²) in [5, 5.41) is 5.63. The molecule has 0 spiro atoms. The van der Waals surface area contributed by atoms with Gasteiger partial charge >= 0.3 is 5.97 Å². The number of methoxy groups -OCH3 is 1. The summed E-state index contributed by atoms with van der Waals surface area (Å²) in [6, 6.07) is 13.5. The molecule has 0 saturated carbocycles. The molecule has 1 amide bonds. The van der Waals surface area contributed by atoms with Crippen LogP contribution in [0, 0.1) is 0 Å². The van der Waals surface area contributed by atoms with Crippen molar-refractivity contribution in [1.82, 2.24) is 5.32 Å². The summed E-state index contributed by atoms with van der Waals surface area (Å²) >= 11 is 5.15. The highest BCUT2D eigenvalue weighted by Gasteiger charge is 2.13. The van der Waals surface area contributed by atoms with Crippen LogP contribution in [-0.4, -0.2) is 30.7 Å². The third-order valence-electron chi connectivity index (χ3n) is 3.22. The summed E-state index contributed by atoms with van der Waals surface area (Å²) in [6.07, 6.45) is 0. The Morgan fingerprint density at radius 2 is 1.76 bits per heavy atom. The van der Waals surface area contributed by atoms with Crippen molar-refractivity contribution in [2.24, 2.45) is 0 Å². The van der Waals surface area contributed by atoms with Gasteiger partial charge in [-0.05, 0) is 55.5 Å². The molecule has 2 aromatic rings. The van der Waals surface area contributed by atoms with Crippen molar-refractivity contribution in [3.63, 3.8) is 0 Å². The number of hydrogen-bond acceptors (Lipinski definition) is 5. The van der Waals surface area contributed by atoms with Gasteiger partial charge in [0.1, 0.15) is 5.75 Å². The number of anilines is 1. The predicted octanol–water partition coefficient (Wildman–Crippen LogP) is 3.00. The topological polar surface area (TPSA) is 76.7 Å². The molecule has 0 atom stereocenters. The molecule has 0 saturated heterocycles. The van der Waals surface area contributed by atoms with E-state index >= 15 is 0 Å². The molecule has 0 heterocycles. The lowest BCUT2D eigenvalue weighted by Crippen LogP contribution is -2.34. The van der Waals surface area contributed by atoms with Crippen LogP contribution in [0.2, 0.25) is 0 Å².